The third-order valence-electron chi connectivity index (χ3n) is 0.464. The van der Waals surface area contributed by atoms with Gasteiger partial charge in [-0.25, -0.2) is 0 Å². The molecule has 0 saturated heterocycles. The summed E-state index contributed by atoms with van der Waals surface area (Å²) in [5.74, 6) is -0.711. The molecule has 0 spiro atoms. The summed E-state index contributed by atoms with van der Waals surface area (Å²) in [5, 5.41) is 7.91. The van der Waals surface area contributed by atoms with E-state index in [4.69, 9.17) is 5.11 Å². The van der Waals surface area contributed by atoms with Gasteiger partial charge in [-0.3, -0.25) is 4.79 Å². The zero-order valence-electron chi connectivity index (χ0n) is 6.18. The molecule has 0 aromatic carbocycles. The van der Waals surface area contributed by atoms with E-state index >= 15 is 0 Å². The molecule has 0 fully saturated rings. The van der Waals surface area contributed by atoms with Crippen molar-refractivity contribution >= 4 is 5.97 Å². The molecule has 0 saturated carbocycles. The quantitative estimate of drug-likeness (QED) is 0.522. The van der Waals surface area contributed by atoms with Crippen LogP contribution in [0, 0.1) is 6.92 Å². The van der Waals surface area contributed by atoms with Gasteiger partial charge in [-0.1, -0.05) is 6.92 Å². The summed E-state index contributed by atoms with van der Waals surface area (Å²) in [7, 11) is 0. The van der Waals surface area contributed by atoms with E-state index in [0.717, 1.165) is 6.42 Å². The van der Waals surface area contributed by atoms with E-state index in [9.17, 15) is 4.79 Å². The Labute approximate surface area is 69.4 Å². The van der Waals surface area contributed by atoms with Gasteiger partial charge in [0.15, 0.2) is 0 Å². The predicted octanol–water partition coefficient (Wildman–Crippen LogP) is 1.71. The van der Waals surface area contributed by atoms with Crippen molar-refractivity contribution in [3.05, 3.63) is 6.92 Å². The Morgan fingerprint density at radius 3 is 1.89 bits per heavy atom. The Morgan fingerprint density at radius 1 is 1.56 bits per heavy atom. The monoisotopic (exact) mass is 181 g/mol. The predicted molar refractivity (Wildman–Crippen MR) is 33.6 cm³/mol. The van der Waals surface area contributed by atoms with E-state index in [0.29, 0.717) is 6.42 Å². The van der Waals surface area contributed by atoms with Crippen LogP contribution >= 0.6 is 0 Å². The molecule has 0 bridgehead atoms. The molecule has 52 valence electrons. The van der Waals surface area contributed by atoms with Crippen molar-refractivity contribution in [1.29, 1.82) is 0 Å². The molecule has 0 rings (SSSR count). The smallest absolute Gasteiger partial charge is 0.303 e. The van der Waals surface area contributed by atoms with Gasteiger partial charge in [-0.05, 0) is 6.42 Å². The van der Waals surface area contributed by atoms with Gasteiger partial charge in [0.05, 0.1) is 0 Å². The summed E-state index contributed by atoms with van der Waals surface area (Å²) in [6.07, 6.45) is 1.02. The van der Waals surface area contributed by atoms with Crippen molar-refractivity contribution in [3.8, 4) is 0 Å². The Hall–Kier alpha value is 0.0934. The second kappa shape index (κ2) is 15.7. The molecule has 0 aliphatic rings. The fourth-order valence-corrected chi connectivity index (χ4v) is 0.214. The third-order valence-corrected chi connectivity index (χ3v) is 0.464. The van der Waals surface area contributed by atoms with E-state index in [2.05, 4.69) is 6.92 Å². The number of carboxylic acid groups (broad SMARTS) is 1. The molecule has 0 aliphatic heterocycles. The average molecular weight is 183 g/mol. The molecule has 3 heteroatoms. The van der Waals surface area contributed by atoms with E-state index in [1.165, 1.54) is 0 Å². The average Bonchev–Trinajstić information content (AvgIpc) is 1.72. The second-order valence-corrected chi connectivity index (χ2v) is 1.14. The Bertz CT molecular complexity index is 55.0. The van der Waals surface area contributed by atoms with E-state index < -0.39 is 5.97 Å². The number of carboxylic acids is 1. The molecule has 0 heterocycles. The largest absolute Gasteiger partial charge is 0.481 e. The molecule has 0 atom stereocenters. The second-order valence-electron chi connectivity index (χ2n) is 1.14. The molecule has 2 nitrogen and oxygen atoms in total. The van der Waals surface area contributed by atoms with Gasteiger partial charge in [-0.15, -0.1) is 0 Å². The van der Waals surface area contributed by atoms with Crippen LogP contribution in [-0.2, 0) is 24.3 Å². The zero-order chi connectivity index (χ0) is 6.99. The van der Waals surface area contributed by atoms with Crippen molar-refractivity contribution in [2.45, 2.75) is 26.7 Å². The first-order valence-corrected chi connectivity index (χ1v) is 2.70. The number of hydrogen-bond acceptors (Lipinski definition) is 1. The van der Waals surface area contributed by atoms with E-state index in [-0.39, 0.29) is 19.5 Å². The fraction of sp³-hybridized carbons (Fsp3) is 0.667. The molecule has 0 aromatic rings. The molecular weight excluding hydrogens is 169 g/mol. The van der Waals surface area contributed by atoms with Gasteiger partial charge in [0.25, 0.3) is 0 Å². The Morgan fingerprint density at radius 2 is 1.89 bits per heavy atom. The molecule has 9 heavy (non-hydrogen) atoms. The first kappa shape index (κ1) is 16.0. The summed E-state index contributed by atoms with van der Waals surface area (Å²) >= 11 is 0. The number of aliphatic carboxylic acids is 1. The van der Waals surface area contributed by atoms with Crippen molar-refractivity contribution in [2.24, 2.45) is 0 Å². The van der Waals surface area contributed by atoms with Crippen LogP contribution in [0.4, 0.5) is 0 Å². The van der Waals surface area contributed by atoms with Crippen molar-refractivity contribution in [3.63, 3.8) is 0 Å². The number of hydrogen-bond donors (Lipinski definition) is 1. The molecule has 0 radical (unpaired) electrons. The van der Waals surface area contributed by atoms with Gasteiger partial charge in [-0.2, -0.15) is 6.92 Å². The third kappa shape index (κ3) is 31.4. The topological polar surface area (TPSA) is 37.3 Å². The molecule has 0 aromatic heterocycles. The minimum atomic E-state index is -0.711. The molecular formula is C6H13O2Zn-. The van der Waals surface area contributed by atoms with Crippen LogP contribution in [0.5, 0.6) is 0 Å². The van der Waals surface area contributed by atoms with E-state index in [1.54, 1.807) is 6.92 Å². The van der Waals surface area contributed by atoms with Crippen LogP contribution in [0.15, 0.2) is 0 Å². The van der Waals surface area contributed by atoms with Gasteiger partial charge in [0.2, 0.25) is 0 Å². The van der Waals surface area contributed by atoms with Crippen LogP contribution in [-0.4, -0.2) is 11.1 Å². The number of rotatable bonds is 2. The van der Waals surface area contributed by atoms with Crippen LogP contribution in [0.2, 0.25) is 0 Å². The van der Waals surface area contributed by atoms with Crippen LogP contribution < -0.4 is 0 Å². The van der Waals surface area contributed by atoms with Gasteiger partial charge in [0.1, 0.15) is 0 Å². The normalized spacial score (nSPS) is 6.11. The van der Waals surface area contributed by atoms with Gasteiger partial charge < -0.3 is 12.0 Å². The maximum absolute atomic E-state index is 9.60. The summed E-state index contributed by atoms with van der Waals surface area (Å²) in [4.78, 5) is 9.60. The number of carbonyl (C=O) groups is 1. The Kier molecular flexibility index (Phi) is 28.0. The maximum Gasteiger partial charge on any atom is 0.303 e. The fourth-order valence-electron chi connectivity index (χ4n) is 0.214. The van der Waals surface area contributed by atoms with Crippen LogP contribution in [0.3, 0.4) is 0 Å². The van der Waals surface area contributed by atoms with Crippen molar-refractivity contribution in [1.82, 2.24) is 0 Å². The first-order valence-electron chi connectivity index (χ1n) is 2.70. The standard InChI is InChI=1S/C4H8O2.C2H5.Zn/c1-2-3-4(5)6;1-2;/h2-3H2,1H3,(H,5,6);1H2,2H3;/q;-1;. The van der Waals surface area contributed by atoms with Gasteiger partial charge in [0, 0.05) is 25.9 Å². The summed E-state index contributed by atoms with van der Waals surface area (Å²) in [6, 6.07) is 0. The molecule has 0 aliphatic carbocycles. The summed E-state index contributed by atoms with van der Waals surface area (Å²) in [6.45, 7) is 6.84. The minimum Gasteiger partial charge on any atom is -0.481 e. The zero-order valence-corrected chi connectivity index (χ0v) is 9.15. The molecule has 1 N–H and O–H groups in total. The summed E-state index contributed by atoms with van der Waals surface area (Å²) < 4.78 is 0. The first-order chi connectivity index (χ1) is 3.77. The van der Waals surface area contributed by atoms with Crippen LogP contribution in [0.1, 0.15) is 26.7 Å². The van der Waals surface area contributed by atoms with Crippen molar-refractivity contribution in [2.75, 3.05) is 0 Å². The molecule has 0 unspecified atom stereocenters. The Balaban J connectivity index is -0.000000109. The van der Waals surface area contributed by atoms with Gasteiger partial charge >= 0.3 is 5.97 Å². The maximum atomic E-state index is 9.60. The van der Waals surface area contributed by atoms with E-state index in [1.807, 2.05) is 6.92 Å². The summed E-state index contributed by atoms with van der Waals surface area (Å²) in [5.41, 5.74) is 0. The van der Waals surface area contributed by atoms with Crippen LogP contribution in [0.25, 0.3) is 0 Å². The minimum absolute atomic E-state index is 0. The SMILES string of the molecule is CCCC(=O)O.[CH2-]C.[Zn]. The van der Waals surface area contributed by atoms with Crippen molar-refractivity contribution < 1.29 is 29.4 Å². The molecule has 0 amide bonds.